The number of nitrogens with zero attached hydrogens (tertiary/aromatic N) is 5. The van der Waals surface area contributed by atoms with E-state index < -0.39 is 11.8 Å². The quantitative estimate of drug-likeness (QED) is 0.649. The number of aryl methyl sites for hydroxylation is 1. The molecule has 0 saturated heterocycles. The number of carboxylic acid groups (broad SMARTS) is 1. The van der Waals surface area contributed by atoms with Crippen LogP contribution in [0.3, 0.4) is 0 Å². The number of hydrogen-bond acceptors (Lipinski definition) is 6. The van der Waals surface area contributed by atoms with E-state index in [9.17, 15) is 9.18 Å². The highest BCUT2D eigenvalue weighted by molar-refractivity contribution is 5.68. The first-order valence-corrected chi connectivity index (χ1v) is 8.40. The van der Waals surface area contributed by atoms with E-state index in [1.165, 1.54) is 29.2 Å². The Morgan fingerprint density at radius 2 is 2.22 bits per heavy atom. The number of benzene rings is 1. The van der Waals surface area contributed by atoms with E-state index in [0.717, 1.165) is 12.1 Å². The van der Waals surface area contributed by atoms with E-state index in [4.69, 9.17) is 9.84 Å². The van der Waals surface area contributed by atoms with Crippen LogP contribution in [0.25, 0.3) is 11.4 Å². The summed E-state index contributed by atoms with van der Waals surface area (Å²) in [4.78, 5) is 23.9. The molecule has 1 aromatic carbocycles. The SMILES string of the molecule is CCCc1ncncc1-c1nc(COc2cccc(F)c2)nn1CC(=O)O. The molecular formula is C18H18FN5O3. The predicted molar refractivity (Wildman–Crippen MR) is 93.4 cm³/mol. The molecule has 8 nitrogen and oxygen atoms in total. The van der Waals surface area contributed by atoms with Crippen LogP contribution < -0.4 is 4.74 Å². The number of aromatic nitrogens is 5. The van der Waals surface area contributed by atoms with Gasteiger partial charge >= 0.3 is 5.97 Å². The van der Waals surface area contributed by atoms with Gasteiger partial charge in [0.1, 0.15) is 31.0 Å². The van der Waals surface area contributed by atoms with E-state index in [0.29, 0.717) is 23.6 Å². The first kappa shape index (κ1) is 18.4. The van der Waals surface area contributed by atoms with Crippen molar-refractivity contribution < 1.29 is 19.0 Å². The summed E-state index contributed by atoms with van der Waals surface area (Å²) in [7, 11) is 0. The second-order valence-corrected chi connectivity index (χ2v) is 5.78. The maximum atomic E-state index is 13.2. The lowest BCUT2D eigenvalue weighted by Gasteiger charge is -2.07. The standard InChI is InChI=1S/C18H18FN5O3/c1-2-4-15-14(8-20-11-21-15)18-22-16(23-24(18)9-17(25)26)10-27-13-6-3-5-12(19)7-13/h3,5-8,11H,2,4,9-10H2,1H3,(H,25,26). The molecule has 9 heteroatoms. The Labute approximate surface area is 154 Å². The van der Waals surface area contributed by atoms with Gasteiger partial charge in [0, 0.05) is 12.3 Å². The van der Waals surface area contributed by atoms with Crippen molar-refractivity contribution in [3.8, 4) is 17.1 Å². The third kappa shape index (κ3) is 4.63. The zero-order chi connectivity index (χ0) is 19.2. The summed E-state index contributed by atoms with van der Waals surface area (Å²) in [6, 6.07) is 5.71. The topological polar surface area (TPSA) is 103 Å². The summed E-state index contributed by atoms with van der Waals surface area (Å²) >= 11 is 0. The highest BCUT2D eigenvalue weighted by Gasteiger charge is 2.18. The number of carbonyl (C=O) groups is 1. The Morgan fingerprint density at radius 1 is 1.37 bits per heavy atom. The second kappa shape index (κ2) is 8.35. The lowest BCUT2D eigenvalue weighted by molar-refractivity contribution is -0.137. The number of hydrogen-bond donors (Lipinski definition) is 1. The van der Waals surface area contributed by atoms with Gasteiger partial charge in [-0.1, -0.05) is 19.4 Å². The Balaban J connectivity index is 1.90. The summed E-state index contributed by atoms with van der Waals surface area (Å²) < 4.78 is 20.0. The molecule has 27 heavy (non-hydrogen) atoms. The molecule has 140 valence electrons. The van der Waals surface area contributed by atoms with Crippen LogP contribution in [0, 0.1) is 5.82 Å². The first-order valence-electron chi connectivity index (χ1n) is 8.40. The molecule has 0 amide bonds. The van der Waals surface area contributed by atoms with Crippen molar-refractivity contribution >= 4 is 5.97 Å². The van der Waals surface area contributed by atoms with Gasteiger partial charge in [-0.25, -0.2) is 24.0 Å². The van der Waals surface area contributed by atoms with Crippen LogP contribution in [-0.2, 0) is 24.4 Å². The fraction of sp³-hybridized carbons (Fsp3) is 0.278. The molecule has 0 spiro atoms. The van der Waals surface area contributed by atoms with Crippen LogP contribution in [0.4, 0.5) is 4.39 Å². The van der Waals surface area contributed by atoms with Crippen molar-refractivity contribution in [1.29, 1.82) is 0 Å². The maximum Gasteiger partial charge on any atom is 0.325 e. The summed E-state index contributed by atoms with van der Waals surface area (Å²) in [6.45, 7) is 1.63. The average molecular weight is 371 g/mol. The number of carboxylic acids is 1. The Hall–Kier alpha value is -3.36. The molecule has 3 rings (SSSR count). The van der Waals surface area contributed by atoms with Crippen LogP contribution in [-0.4, -0.2) is 35.8 Å². The summed E-state index contributed by atoms with van der Waals surface area (Å²) in [6.07, 6.45) is 4.61. The molecule has 0 fully saturated rings. The van der Waals surface area contributed by atoms with Crippen LogP contribution in [0.5, 0.6) is 5.75 Å². The molecular weight excluding hydrogens is 353 g/mol. The van der Waals surface area contributed by atoms with Crippen LogP contribution in [0.1, 0.15) is 24.9 Å². The van der Waals surface area contributed by atoms with Crippen molar-refractivity contribution in [2.75, 3.05) is 0 Å². The van der Waals surface area contributed by atoms with E-state index in [2.05, 4.69) is 20.1 Å². The van der Waals surface area contributed by atoms with E-state index in [1.807, 2.05) is 6.92 Å². The van der Waals surface area contributed by atoms with Crippen molar-refractivity contribution in [3.63, 3.8) is 0 Å². The average Bonchev–Trinajstić information content (AvgIpc) is 3.03. The molecule has 0 bridgehead atoms. The zero-order valence-corrected chi connectivity index (χ0v) is 14.7. The molecule has 0 unspecified atom stereocenters. The minimum Gasteiger partial charge on any atom is -0.485 e. The van der Waals surface area contributed by atoms with Gasteiger partial charge in [-0.2, -0.15) is 5.10 Å². The second-order valence-electron chi connectivity index (χ2n) is 5.78. The van der Waals surface area contributed by atoms with Gasteiger partial charge in [0.15, 0.2) is 11.6 Å². The molecule has 0 saturated carbocycles. The molecule has 1 N–H and O–H groups in total. The zero-order valence-electron chi connectivity index (χ0n) is 14.7. The molecule has 0 radical (unpaired) electrons. The van der Waals surface area contributed by atoms with Gasteiger partial charge in [-0.05, 0) is 18.6 Å². The van der Waals surface area contributed by atoms with E-state index >= 15 is 0 Å². The molecule has 0 aliphatic carbocycles. The Morgan fingerprint density at radius 3 is 2.96 bits per heavy atom. The minimum absolute atomic E-state index is 0.0279. The van der Waals surface area contributed by atoms with Gasteiger partial charge in [-0.3, -0.25) is 4.79 Å². The number of halogens is 1. The van der Waals surface area contributed by atoms with Crippen molar-refractivity contribution in [2.24, 2.45) is 0 Å². The highest BCUT2D eigenvalue weighted by Crippen LogP contribution is 2.22. The lowest BCUT2D eigenvalue weighted by atomic mass is 10.1. The molecule has 0 atom stereocenters. The van der Waals surface area contributed by atoms with Crippen LogP contribution >= 0.6 is 0 Å². The van der Waals surface area contributed by atoms with Crippen molar-refractivity contribution in [3.05, 3.63) is 54.1 Å². The fourth-order valence-corrected chi connectivity index (χ4v) is 2.57. The number of rotatable bonds is 8. The van der Waals surface area contributed by atoms with Gasteiger partial charge < -0.3 is 9.84 Å². The Kier molecular flexibility index (Phi) is 5.70. The summed E-state index contributed by atoms with van der Waals surface area (Å²) in [5.74, 6) is -0.488. The molecule has 2 heterocycles. The van der Waals surface area contributed by atoms with Crippen molar-refractivity contribution in [2.45, 2.75) is 32.9 Å². The van der Waals surface area contributed by atoms with Gasteiger partial charge in [0.05, 0.1) is 11.3 Å². The molecule has 2 aromatic heterocycles. The van der Waals surface area contributed by atoms with Crippen LogP contribution in [0.15, 0.2) is 36.8 Å². The van der Waals surface area contributed by atoms with Gasteiger partial charge in [0.25, 0.3) is 0 Å². The highest BCUT2D eigenvalue weighted by atomic mass is 19.1. The Bertz CT molecular complexity index is 944. The lowest BCUT2D eigenvalue weighted by Crippen LogP contribution is -2.12. The number of aliphatic carboxylic acids is 1. The maximum absolute atomic E-state index is 13.2. The molecule has 3 aromatic rings. The third-order valence-electron chi connectivity index (χ3n) is 3.69. The number of ether oxygens (including phenoxy) is 1. The predicted octanol–water partition coefficient (Wildman–Crippen LogP) is 2.49. The van der Waals surface area contributed by atoms with Crippen molar-refractivity contribution in [1.82, 2.24) is 24.7 Å². The smallest absolute Gasteiger partial charge is 0.325 e. The summed E-state index contributed by atoms with van der Waals surface area (Å²) in [5.41, 5.74) is 1.40. The third-order valence-corrected chi connectivity index (χ3v) is 3.69. The van der Waals surface area contributed by atoms with Gasteiger partial charge in [-0.15, -0.1) is 0 Å². The fourth-order valence-electron chi connectivity index (χ4n) is 2.57. The minimum atomic E-state index is -1.05. The van der Waals surface area contributed by atoms with Gasteiger partial charge in [0.2, 0.25) is 0 Å². The normalized spacial score (nSPS) is 10.7. The van der Waals surface area contributed by atoms with E-state index in [1.54, 1.807) is 12.3 Å². The largest absolute Gasteiger partial charge is 0.485 e. The van der Waals surface area contributed by atoms with E-state index in [-0.39, 0.29) is 19.0 Å². The summed E-state index contributed by atoms with van der Waals surface area (Å²) in [5, 5.41) is 13.4. The molecule has 0 aliphatic heterocycles. The van der Waals surface area contributed by atoms with Crippen LogP contribution in [0.2, 0.25) is 0 Å². The first-order chi connectivity index (χ1) is 13.1. The monoisotopic (exact) mass is 371 g/mol. The molecule has 0 aliphatic rings.